The van der Waals surface area contributed by atoms with Gasteiger partial charge in [0.2, 0.25) is 5.91 Å². The number of carbonyl (C=O) groups is 1. The predicted molar refractivity (Wildman–Crippen MR) is 76.5 cm³/mol. The maximum atomic E-state index is 12.3. The second-order valence-electron chi connectivity index (χ2n) is 5.72. The molecule has 1 atom stereocenters. The number of piperidine rings is 1. The molecule has 0 aliphatic carbocycles. The molecule has 0 aromatic carbocycles. The number of nitrogens with zero attached hydrogens (tertiary/aromatic N) is 3. The van der Waals surface area contributed by atoms with Gasteiger partial charge in [0.1, 0.15) is 0 Å². The number of carbonyl (C=O) groups excluding carboxylic acids is 1. The van der Waals surface area contributed by atoms with Crippen molar-refractivity contribution in [1.29, 1.82) is 0 Å². The second-order valence-corrected chi connectivity index (χ2v) is 5.72. The molecule has 2 saturated heterocycles. The first-order valence-corrected chi connectivity index (χ1v) is 7.53. The van der Waals surface area contributed by atoms with Crippen LogP contribution in [0.2, 0.25) is 0 Å². The van der Waals surface area contributed by atoms with Crippen molar-refractivity contribution in [1.82, 2.24) is 25.3 Å². The number of likely N-dealkylation sites (tertiary alicyclic amines) is 1. The Hall–Kier alpha value is -1.40. The van der Waals surface area contributed by atoms with Crippen LogP contribution in [-0.2, 0) is 4.79 Å². The minimum absolute atomic E-state index is 0.275. The summed E-state index contributed by atoms with van der Waals surface area (Å²) in [7, 11) is 0. The van der Waals surface area contributed by atoms with E-state index in [-0.39, 0.29) is 5.91 Å². The van der Waals surface area contributed by atoms with Crippen molar-refractivity contribution in [3.8, 4) is 0 Å². The zero-order chi connectivity index (χ0) is 13.8. The van der Waals surface area contributed by atoms with Gasteiger partial charge in [0, 0.05) is 50.5 Å². The van der Waals surface area contributed by atoms with E-state index in [4.69, 9.17) is 0 Å². The highest BCUT2D eigenvalue weighted by Crippen LogP contribution is 2.25. The Morgan fingerprint density at radius 1 is 1.35 bits per heavy atom. The van der Waals surface area contributed by atoms with Gasteiger partial charge in [-0.1, -0.05) is 0 Å². The first-order chi connectivity index (χ1) is 9.83. The lowest BCUT2D eigenvalue weighted by molar-refractivity contribution is -0.133. The van der Waals surface area contributed by atoms with Gasteiger partial charge >= 0.3 is 0 Å². The molecule has 0 spiro atoms. The van der Waals surface area contributed by atoms with E-state index in [2.05, 4.69) is 20.4 Å². The number of nitrogens with one attached hydrogen (secondary N) is 2. The van der Waals surface area contributed by atoms with Crippen LogP contribution in [0.1, 0.15) is 24.5 Å². The highest BCUT2D eigenvalue weighted by molar-refractivity contribution is 5.78. The van der Waals surface area contributed by atoms with Crippen LogP contribution in [0.4, 0.5) is 0 Å². The molecule has 6 heteroatoms. The molecule has 1 aromatic rings. The molecule has 0 bridgehead atoms. The summed E-state index contributed by atoms with van der Waals surface area (Å²) in [6.07, 6.45) is 4.14. The second kappa shape index (κ2) is 6.37. The maximum Gasteiger partial charge on any atom is 0.236 e. The third kappa shape index (κ3) is 3.19. The van der Waals surface area contributed by atoms with E-state index in [1.54, 1.807) is 6.20 Å². The molecular formula is C14H23N5O. The van der Waals surface area contributed by atoms with Crippen molar-refractivity contribution in [2.75, 3.05) is 45.8 Å². The van der Waals surface area contributed by atoms with Crippen molar-refractivity contribution in [3.05, 3.63) is 18.0 Å². The Morgan fingerprint density at radius 2 is 2.20 bits per heavy atom. The maximum absolute atomic E-state index is 12.3. The summed E-state index contributed by atoms with van der Waals surface area (Å²) in [5.74, 6) is 0.763. The fourth-order valence-corrected chi connectivity index (χ4v) is 3.15. The van der Waals surface area contributed by atoms with Gasteiger partial charge in [0.05, 0.1) is 6.54 Å². The van der Waals surface area contributed by atoms with Crippen LogP contribution >= 0.6 is 0 Å². The van der Waals surface area contributed by atoms with Crippen LogP contribution in [0.5, 0.6) is 0 Å². The third-order valence-electron chi connectivity index (χ3n) is 4.30. The van der Waals surface area contributed by atoms with Crippen molar-refractivity contribution >= 4 is 5.91 Å². The number of rotatable bonds is 3. The summed E-state index contributed by atoms with van der Waals surface area (Å²) in [5, 5.41) is 10.4. The number of aromatic nitrogens is 2. The Balaban J connectivity index is 1.53. The molecule has 3 rings (SSSR count). The van der Waals surface area contributed by atoms with Crippen LogP contribution < -0.4 is 5.32 Å². The molecular weight excluding hydrogens is 254 g/mol. The Morgan fingerprint density at radius 3 is 2.95 bits per heavy atom. The molecule has 2 aliphatic rings. The molecule has 2 aliphatic heterocycles. The van der Waals surface area contributed by atoms with E-state index in [0.29, 0.717) is 12.5 Å². The molecule has 3 heterocycles. The number of piperazine rings is 1. The van der Waals surface area contributed by atoms with Crippen molar-refractivity contribution in [2.24, 2.45) is 0 Å². The summed E-state index contributed by atoms with van der Waals surface area (Å²) in [6, 6.07) is 2.05. The average molecular weight is 277 g/mol. The van der Waals surface area contributed by atoms with E-state index in [1.165, 1.54) is 12.1 Å². The van der Waals surface area contributed by atoms with E-state index in [9.17, 15) is 4.79 Å². The molecule has 2 N–H and O–H groups in total. The number of H-pyrrole nitrogens is 1. The molecule has 1 amide bonds. The molecule has 6 nitrogen and oxygen atoms in total. The van der Waals surface area contributed by atoms with Crippen LogP contribution in [0.3, 0.4) is 0 Å². The van der Waals surface area contributed by atoms with Gasteiger partial charge < -0.3 is 10.2 Å². The molecule has 2 fully saturated rings. The van der Waals surface area contributed by atoms with Crippen LogP contribution in [0.25, 0.3) is 0 Å². The monoisotopic (exact) mass is 277 g/mol. The lowest BCUT2D eigenvalue weighted by Crippen LogP contribution is -2.50. The zero-order valence-electron chi connectivity index (χ0n) is 11.8. The van der Waals surface area contributed by atoms with Gasteiger partial charge in [-0.15, -0.1) is 0 Å². The molecule has 0 saturated carbocycles. The number of amides is 1. The van der Waals surface area contributed by atoms with Crippen LogP contribution in [-0.4, -0.2) is 71.7 Å². The van der Waals surface area contributed by atoms with Gasteiger partial charge in [0.25, 0.3) is 0 Å². The Kier molecular flexibility index (Phi) is 4.32. The lowest BCUT2D eigenvalue weighted by atomic mass is 9.95. The van der Waals surface area contributed by atoms with Crippen molar-refractivity contribution in [2.45, 2.75) is 18.8 Å². The quantitative estimate of drug-likeness (QED) is 0.817. The van der Waals surface area contributed by atoms with Crippen LogP contribution in [0, 0.1) is 0 Å². The summed E-state index contributed by atoms with van der Waals surface area (Å²) in [6.45, 7) is 6.07. The Labute approximate surface area is 119 Å². The van der Waals surface area contributed by atoms with Gasteiger partial charge in [-0.2, -0.15) is 5.10 Å². The highest BCUT2D eigenvalue weighted by Gasteiger charge is 2.25. The minimum atomic E-state index is 0.275. The standard InChI is InChI=1S/C14H23N5O/c20-14(19-8-5-15-6-9-19)11-18-7-1-2-12(10-18)13-3-4-16-17-13/h3-4,12,15H,1-2,5-11H2,(H,16,17). The Bertz CT molecular complexity index is 427. The fraction of sp³-hybridized carbons (Fsp3) is 0.714. The highest BCUT2D eigenvalue weighted by atomic mass is 16.2. The zero-order valence-corrected chi connectivity index (χ0v) is 11.8. The molecule has 20 heavy (non-hydrogen) atoms. The normalized spacial score (nSPS) is 24.8. The van der Waals surface area contributed by atoms with Gasteiger partial charge in [-0.25, -0.2) is 0 Å². The molecule has 110 valence electrons. The van der Waals surface area contributed by atoms with E-state index >= 15 is 0 Å². The lowest BCUT2D eigenvalue weighted by Gasteiger charge is -2.34. The van der Waals surface area contributed by atoms with E-state index in [0.717, 1.165) is 45.7 Å². The van der Waals surface area contributed by atoms with E-state index < -0.39 is 0 Å². The molecule has 0 radical (unpaired) electrons. The summed E-state index contributed by atoms with van der Waals surface area (Å²) in [5.41, 5.74) is 1.20. The average Bonchev–Trinajstić information content (AvgIpc) is 3.03. The SMILES string of the molecule is O=C(CN1CCCC(c2ccn[nH]2)C1)N1CCNCC1. The minimum Gasteiger partial charge on any atom is -0.339 e. The largest absolute Gasteiger partial charge is 0.339 e. The third-order valence-corrected chi connectivity index (χ3v) is 4.30. The van der Waals surface area contributed by atoms with Crippen molar-refractivity contribution < 1.29 is 4.79 Å². The van der Waals surface area contributed by atoms with Gasteiger partial charge in [0.15, 0.2) is 0 Å². The number of aromatic amines is 1. The van der Waals surface area contributed by atoms with Crippen LogP contribution in [0.15, 0.2) is 12.3 Å². The number of hydrogen-bond acceptors (Lipinski definition) is 4. The molecule has 1 unspecified atom stereocenters. The van der Waals surface area contributed by atoms with Gasteiger partial charge in [-0.3, -0.25) is 14.8 Å². The summed E-state index contributed by atoms with van der Waals surface area (Å²) >= 11 is 0. The smallest absolute Gasteiger partial charge is 0.236 e. The fourth-order valence-electron chi connectivity index (χ4n) is 3.15. The topological polar surface area (TPSA) is 64.3 Å². The first kappa shape index (κ1) is 13.6. The van der Waals surface area contributed by atoms with Gasteiger partial charge in [-0.05, 0) is 25.5 Å². The molecule has 1 aromatic heterocycles. The predicted octanol–water partition coefficient (Wildman–Crippen LogP) is 0.0209. The number of hydrogen-bond donors (Lipinski definition) is 2. The summed E-state index contributed by atoms with van der Waals surface area (Å²) < 4.78 is 0. The van der Waals surface area contributed by atoms with Crippen molar-refractivity contribution in [3.63, 3.8) is 0 Å². The van der Waals surface area contributed by atoms with E-state index in [1.807, 2.05) is 11.0 Å². The summed E-state index contributed by atoms with van der Waals surface area (Å²) in [4.78, 5) is 16.6. The first-order valence-electron chi connectivity index (χ1n) is 7.53.